The van der Waals surface area contributed by atoms with Crippen molar-refractivity contribution in [2.24, 2.45) is 0 Å². The van der Waals surface area contributed by atoms with E-state index in [0.717, 1.165) is 30.4 Å². The summed E-state index contributed by atoms with van der Waals surface area (Å²) in [6, 6.07) is 5.44. The van der Waals surface area contributed by atoms with Crippen LogP contribution in [0, 0.1) is 0 Å². The molecular weight excluding hydrogens is 334 g/mol. The van der Waals surface area contributed by atoms with Gasteiger partial charge in [0.15, 0.2) is 6.61 Å². The third-order valence-electron chi connectivity index (χ3n) is 3.73. The first-order chi connectivity index (χ1) is 10.1. The molecule has 1 aliphatic rings. The van der Waals surface area contributed by atoms with E-state index in [9.17, 15) is 9.90 Å². The van der Waals surface area contributed by atoms with Crippen LogP contribution in [0.3, 0.4) is 0 Å². The van der Waals surface area contributed by atoms with Crippen LogP contribution in [0.4, 0.5) is 0 Å². The highest BCUT2D eigenvalue weighted by Gasteiger charge is 2.17. The number of aliphatic hydroxyl groups excluding tert-OH is 1. The topological polar surface area (TPSA) is 49.8 Å². The molecule has 1 aromatic carbocycles. The van der Waals surface area contributed by atoms with Crippen molar-refractivity contribution in [3.63, 3.8) is 0 Å². The summed E-state index contributed by atoms with van der Waals surface area (Å²) in [5, 5.41) is 9.78. The van der Waals surface area contributed by atoms with E-state index in [1.54, 1.807) is 13.0 Å². The Morgan fingerprint density at radius 3 is 2.62 bits per heavy atom. The van der Waals surface area contributed by atoms with Crippen molar-refractivity contribution in [2.75, 3.05) is 19.7 Å². The summed E-state index contributed by atoms with van der Waals surface area (Å²) >= 11 is 3.37. The SMILES string of the molecule is C[C@@H](O)c1cc(Br)ccc1OCC(=O)N1CCCCCC1. The van der Waals surface area contributed by atoms with E-state index in [-0.39, 0.29) is 12.5 Å². The number of amides is 1. The van der Waals surface area contributed by atoms with E-state index in [2.05, 4.69) is 15.9 Å². The summed E-state index contributed by atoms with van der Waals surface area (Å²) < 4.78 is 6.52. The van der Waals surface area contributed by atoms with Gasteiger partial charge in [-0.25, -0.2) is 0 Å². The number of likely N-dealkylation sites (tertiary alicyclic amines) is 1. The molecule has 0 unspecified atom stereocenters. The van der Waals surface area contributed by atoms with Gasteiger partial charge in [-0.1, -0.05) is 28.8 Å². The number of carbonyl (C=O) groups is 1. The number of halogens is 1. The van der Waals surface area contributed by atoms with Gasteiger partial charge in [0.05, 0.1) is 6.10 Å². The van der Waals surface area contributed by atoms with Crippen LogP contribution in [-0.2, 0) is 4.79 Å². The number of benzene rings is 1. The second-order valence-electron chi connectivity index (χ2n) is 5.44. The van der Waals surface area contributed by atoms with Crippen molar-refractivity contribution in [3.05, 3.63) is 28.2 Å². The number of nitrogens with zero attached hydrogens (tertiary/aromatic N) is 1. The van der Waals surface area contributed by atoms with Gasteiger partial charge in [0, 0.05) is 23.1 Å². The highest BCUT2D eigenvalue weighted by Crippen LogP contribution is 2.28. The Balaban J connectivity index is 1.97. The molecule has 0 bridgehead atoms. The minimum atomic E-state index is -0.634. The van der Waals surface area contributed by atoms with Gasteiger partial charge in [-0.3, -0.25) is 4.79 Å². The van der Waals surface area contributed by atoms with Crippen LogP contribution >= 0.6 is 15.9 Å². The first-order valence-electron chi connectivity index (χ1n) is 7.46. The zero-order valence-corrected chi connectivity index (χ0v) is 13.9. The number of hydrogen-bond donors (Lipinski definition) is 1. The molecule has 1 aliphatic heterocycles. The zero-order chi connectivity index (χ0) is 15.2. The summed E-state index contributed by atoms with van der Waals surface area (Å²) in [6.07, 6.45) is 3.91. The van der Waals surface area contributed by atoms with Gasteiger partial charge in [-0.05, 0) is 38.0 Å². The largest absolute Gasteiger partial charge is 0.483 e. The Kier molecular flexibility index (Phi) is 6.06. The molecule has 4 nitrogen and oxygen atoms in total. The van der Waals surface area contributed by atoms with Crippen LogP contribution < -0.4 is 4.74 Å². The first kappa shape index (κ1) is 16.3. The molecule has 1 atom stereocenters. The maximum Gasteiger partial charge on any atom is 0.260 e. The minimum absolute atomic E-state index is 0.0244. The predicted molar refractivity (Wildman–Crippen MR) is 85.3 cm³/mol. The second kappa shape index (κ2) is 7.80. The van der Waals surface area contributed by atoms with Crippen LogP contribution in [0.5, 0.6) is 5.75 Å². The van der Waals surface area contributed by atoms with E-state index in [0.29, 0.717) is 11.3 Å². The maximum atomic E-state index is 12.2. The quantitative estimate of drug-likeness (QED) is 0.901. The Morgan fingerprint density at radius 1 is 1.33 bits per heavy atom. The molecular formula is C16H22BrNO3. The van der Waals surface area contributed by atoms with E-state index in [1.165, 1.54) is 12.8 Å². The van der Waals surface area contributed by atoms with E-state index >= 15 is 0 Å². The van der Waals surface area contributed by atoms with Gasteiger partial charge in [-0.2, -0.15) is 0 Å². The molecule has 0 aromatic heterocycles. The maximum absolute atomic E-state index is 12.2. The molecule has 21 heavy (non-hydrogen) atoms. The van der Waals surface area contributed by atoms with Gasteiger partial charge in [-0.15, -0.1) is 0 Å². The van der Waals surface area contributed by atoms with Gasteiger partial charge in [0.1, 0.15) is 5.75 Å². The zero-order valence-electron chi connectivity index (χ0n) is 12.3. The molecule has 1 amide bonds. The molecule has 1 heterocycles. The first-order valence-corrected chi connectivity index (χ1v) is 8.25. The Labute approximate surface area is 134 Å². The van der Waals surface area contributed by atoms with Gasteiger partial charge in [0.25, 0.3) is 5.91 Å². The number of rotatable bonds is 4. The van der Waals surface area contributed by atoms with Crippen LogP contribution in [-0.4, -0.2) is 35.6 Å². The lowest BCUT2D eigenvalue weighted by molar-refractivity contribution is -0.133. The second-order valence-corrected chi connectivity index (χ2v) is 6.36. The molecule has 1 aromatic rings. The van der Waals surface area contributed by atoms with Crippen LogP contribution in [0.15, 0.2) is 22.7 Å². The molecule has 5 heteroatoms. The standard InChI is InChI=1S/C16H22BrNO3/c1-12(19)14-10-13(17)6-7-15(14)21-11-16(20)18-8-4-2-3-5-9-18/h6-7,10,12,19H,2-5,8-9,11H2,1H3/t12-/m1/s1. The fourth-order valence-electron chi connectivity index (χ4n) is 2.53. The summed E-state index contributed by atoms with van der Waals surface area (Å²) in [5.74, 6) is 0.590. The van der Waals surface area contributed by atoms with Crippen molar-refractivity contribution in [2.45, 2.75) is 38.7 Å². The highest BCUT2D eigenvalue weighted by atomic mass is 79.9. The summed E-state index contributed by atoms with van der Waals surface area (Å²) in [5.41, 5.74) is 0.688. The predicted octanol–water partition coefficient (Wildman–Crippen LogP) is 3.28. The monoisotopic (exact) mass is 355 g/mol. The van der Waals surface area contributed by atoms with Crippen LogP contribution in [0.1, 0.15) is 44.3 Å². The van der Waals surface area contributed by atoms with Crippen molar-refractivity contribution in [1.82, 2.24) is 4.90 Å². The molecule has 0 spiro atoms. The van der Waals surface area contributed by atoms with Crippen molar-refractivity contribution >= 4 is 21.8 Å². The lowest BCUT2D eigenvalue weighted by Crippen LogP contribution is -2.35. The number of hydrogen-bond acceptors (Lipinski definition) is 3. The fraction of sp³-hybridized carbons (Fsp3) is 0.562. The van der Waals surface area contributed by atoms with Gasteiger partial charge >= 0.3 is 0 Å². The third-order valence-corrected chi connectivity index (χ3v) is 4.23. The smallest absolute Gasteiger partial charge is 0.260 e. The van der Waals surface area contributed by atoms with Crippen molar-refractivity contribution in [3.8, 4) is 5.75 Å². The van der Waals surface area contributed by atoms with E-state index in [1.807, 2.05) is 17.0 Å². The Bertz CT molecular complexity index is 482. The van der Waals surface area contributed by atoms with E-state index < -0.39 is 6.10 Å². The van der Waals surface area contributed by atoms with Crippen molar-refractivity contribution in [1.29, 1.82) is 0 Å². The molecule has 1 saturated heterocycles. The lowest BCUT2D eigenvalue weighted by Gasteiger charge is -2.21. The van der Waals surface area contributed by atoms with Gasteiger partial charge < -0.3 is 14.7 Å². The van der Waals surface area contributed by atoms with Gasteiger partial charge in [0.2, 0.25) is 0 Å². The highest BCUT2D eigenvalue weighted by molar-refractivity contribution is 9.10. The molecule has 2 rings (SSSR count). The third kappa shape index (κ3) is 4.71. The van der Waals surface area contributed by atoms with Crippen molar-refractivity contribution < 1.29 is 14.6 Å². The van der Waals surface area contributed by atoms with Crippen LogP contribution in [0.2, 0.25) is 0 Å². The minimum Gasteiger partial charge on any atom is -0.483 e. The Morgan fingerprint density at radius 2 is 2.00 bits per heavy atom. The normalized spacial score (nSPS) is 17.2. The fourth-order valence-corrected chi connectivity index (χ4v) is 2.91. The average molecular weight is 356 g/mol. The number of ether oxygens (including phenoxy) is 1. The van der Waals surface area contributed by atoms with E-state index in [4.69, 9.17) is 4.74 Å². The number of carbonyl (C=O) groups excluding carboxylic acids is 1. The molecule has 1 N–H and O–H groups in total. The molecule has 1 fully saturated rings. The molecule has 116 valence electrons. The molecule has 0 aliphatic carbocycles. The summed E-state index contributed by atoms with van der Waals surface area (Å²) in [7, 11) is 0. The molecule has 0 saturated carbocycles. The lowest BCUT2D eigenvalue weighted by atomic mass is 10.1. The molecule has 0 radical (unpaired) electrons. The average Bonchev–Trinajstić information content (AvgIpc) is 2.74. The number of aliphatic hydroxyl groups is 1. The summed E-state index contributed by atoms with van der Waals surface area (Å²) in [4.78, 5) is 14.1. The van der Waals surface area contributed by atoms with Crippen LogP contribution in [0.25, 0.3) is 0 Å². The Hall–Kier alpha value is -1.07. The summed E-state index contributed by atoms with van der Waals surface area (Å²) in [6.45, 7) is 3.37.